The van der Waals surface area contributed by atoms with Crippen LogP contribution < -0.4 is 0 Å². The van der Waals surface area contributed by atoms with E-state index in [9.17, 15) is 0 Å². The first-order valence-corrected chi connectivity index (χ1v) is 24.6. The molecule has 0 atom stereocenters. The first-order valence-electron chi connectivity index (χ1n) is 14.3. The zero-order valence-electron chi connectivity index (χ0n) is 23.3. The van der Waals surface area contributed by atoms with E-state index >= 15 is 0 Å². The van der Waals surface area contributed by atoms with Gasteiger partial charge in [0.2, 0.25) is 0 Å². The highest BCUT2D eigenvalue weighted by atomic mass is 33.8. The fourth-order valence-corrected chi connectivity index (χ4v) is 15.7. The Morgan fingerprint density at radius 2 is 1.24 bits per heavy atom. The minimum atomic E-state index is -1.31. The lowest BCUT2D eigenvalue weighted by Crippen LogP contribution is -2.27. The number of thiazole rings is 1. The molecule has 0 saturated heterocycles. The predicted molar refractivity (Wildman–Crippen MR) is 184 cm³/mol. The minimum absolute atomic E-state index is 1.12. The van der Waals surface area contributed by atoms with Gasteiger partial charge < -0.3 is 4.43 Å². The van der Waals surface area contributed by atoms with E-state index in [0.717, 1.165) is 9.86 Å². The molecule has 0 aliphatic rings. The highest BCUT2D eigenvalue weighted by Crippen LogP contribution is 2.51. The number of nitrogens with zero attached hydrogens (tertiary/aromatic N) is 1. The molecule has 0 unspecified atom stereocenters. The quantitative estimate of drug-likeness (QED) is 0.0607. The maximum atomic E-state index is 5.64. The van der Waals surface area contributed by atoms with Crippen LogP contribution >= 0.6 is 62.4 Å². The number of aromatic nitrogens is 1. The number of para-hydroxylation sites is 1. The summed E-state index contributed by atoms with van der Waals surface area (Å²) in [6.45, 7) is 4.67. The first kappa shape index (κ1) is 34.2. The molecule has 0 fully saturated rings. The summed E-state index contributed by atoms with van der Waals surface area (Å²) in [4.78, 5) is 4.67. The fourth-order valence-electron chi connectivity index (χ4n) is 4.28. The van der Waals surface area contributed by atoms with E-state index in [1.807, 2.05) is 47.4 Å². The Bertz CT molecular complexity index is 773. The van der Waals surface area contributed by atoms with Gasteiger partial charge in [0.1, 0.15) is 0 Å². The monoisotopic (exact) mass is 635 g/mol. The van der Waals surface area contributed by atoms with E-state index in [1.165, 1.54) is 119 Å². The predicted octanol–water partition coefficient (Wildman–Crippen LogP) is 13.1. The minimum Gasteiger partial charge on any atom is -0.420 e. The molecule has 0 aliphatic carbocycles. The number of fused-ring (bicyclic) bond motifs is 1. The molecule has 212 valence electrons. The summed E-state index contributed by atoms with van der Waals surface area (Å²) >= 11 is 1.79. The maximum Gasteiger partial charge on any atom is 0.186 e. The van der Waals surface area contributed by atoms with Crippen molar-refractivity contribution in [2.75, 3.05) is 12.9 Å². The van der Waals surface area contributed by atoms with E-state index in [1.54, 1.807) is 22.1 Å². The number of rotatable bonds is 25. The number of benzene rings is 1. The second-order valence-electron chi connectivity index (χ2n) is 10.4. The molecular weight excluding hydrogens is 587 g/mol. The molecular formula is C28H49NOS6Si. The second-order valence-corrected chi connectivity index (χ2v) is 23.9. The van der Waals surface area contributed by atoms with Crippen LogP contribution in [0.1, 0.15) is 103 Å². The molecule has 1 aromatic carbocycles. The summed E-state index contributed by atoms with van der Waals surface area (Å²) in [5, 5.41) is 0. The van der Waals surface area contributed by atoms with Crippen LogP contribution in [0, 0.1) is 0 Å². The molecule has 2 rings (SSSR count). The molecule has 37 heavy (non-hydrogen) atoms. The Hall–Kier alpha value is 1.04. The van der Waals surface area contributed by atoms with Gasteiger partial charge in [-0.3, -0.25) is 0 Å². The first-order chi connectivity index (χ1) is 18.1. The summed E-state index contributed by atoms with van der Waals surface area (Å²) < 4.78 is 8.07. The Labute approximate surface area is 251 Å². The van der Waals surface area contributed by atoms with Gasteiger partial charge in [-0.2, -0.15) is 0 Å². The van der Waals surface area contributed by atoms with Crippen molar-refractivity contribution in [1.82, 2.24) is 4.98 Å². The van der Waals surface area contributed by atoms with E-state index < -0.39 is 8.32 Å². The van der Waals surface area contributed by atoms with Crippen LogP contribution in [0.5, 0.6) is 0 Å². The van der Waals surface area contributed by atoms with Crippen LogP contribution in [-0.4, -0.2) is 26.2 Å². The van der Waals surface area contributed by atoms with Gasteiger partial charge in [0.15, 0.2) is 12.7 Å². The van der Waals surface area contributed by atoms with Gasteiger partial charge in [0, 0.05) is 12.9 Å². The highest BCUT2D eigenvalue weighted by Gasteiger charge is 2.19. The molecule has 0 saturated carbocycles. The Morgan fingerprint density at radius 3 is 1.81 bits per heavy atom. The van der Waals surface area contributed by atoms with Gasteiger partial charge in [-0.15, -0.1) is 11.3 Å². The molecule has 2 nitrogen and oxygen atoms in total. The zero-order valence-corrected chi connectivity index (χ0v) is 29.2. The van der Waals surface area contributed by atoms with Gasteiger partial charge in [0.05, 0.1) is 10.2 Å². The van der Waals surface area contributed by atoms with Crippen LogP contribution in [0.25, 0.3) is 10.2 Å². The molecule has 1 heterocycles. The van der Waals surface area contributed by atoms with Gasteiger partial charge >= 0.3 is 0 Å². The van der Waals surface area contributed by atoms with E-state index in [2.05, 4.69) is 42.3 Å². The molecule has 0 radical (unpaired) electrons. The smallest absolute Gasteiger partial charge is 0.186 e. The van der Waals surface area contributed by atoms with Crippen molar-refractivity contribution in [1.29, 1.82) is 0 Å². The summed E-state index contributed by atoms with van der Waals surface area (Å²) in [6, 6.07) is 9.72. The van der Waals surface area contributed by atoms with Crippen LogP contribution in [0.15, 0.2) is 28.6 Å². The normalized spacial score (nSPS) is 12.1. The molecule has 2 aromatic rings. The third kappa shape index (κ3) is 18.2. The highest BCUT2D eigenvalue weighted by molar-refractivity contribution is 9.35. The summed E-state index contributed by atoms with van der Waals surface area (Å²) in [7, 11) is 10.00. The largest absolute Gasteiger partial charge is 0.420 e. The number of hydrogen-bond acceptors (Lipinski definition) is 8. The molecule has 0 amide bonds. The van der Waals surface area contributed by atoms with E-state index in [0.29, 0.717) is 0 Å². The third-order valence-corrected chi connectivity index (χ3v) is 19.3. The fraction of sp³-hybridized carbons (Fsp3) is 0.750. The maximum absolute atomic E-state index is 5.64. The molecule has 0 bridgehead atoms. The van der Waals surface area contributed by atoms with Crippen LogP contribution in [0.4, 0.5) is 0 Å². The van der Waals surface area contributed by atoms with E-state index in [4.69, 9.17) is 4.43 Å². The second kappa shape index (κ2) is 22.7. The van der Waals surface area contributed by atoms with Crippen LogP contribution in [0.3, 0.4) is 0 Å². The van der Waals surface area contributed by atoms with Crippen molar-refractivity contribution in [2.24, 2.45) is 0 Å². The van der Waals surface area contributed by atoms with Gasteiger partial charge in [0.25, 0.3) is 0 Å². The van der Waals surface area contributed by atoms with Gasteiger partial charge in [-0.1, -0.05) is 119 Å². The zero-order chi connectivity index (χ0) is 26.4. The Balaban J connectivity index is 1.22. The average molecular weight is 636 g/mol. The topological polar surface area (TPSA) is 22.1 Å². The van der Waals surface area contributed by atoms with Gasteiger partial charge in [-0.05, 0) is 78.0 Å². The Kier molecular flexibility index (Phi) is 21.0. The molecule has 0 spiro atoms. The summed E-state index contributed by atoms with van der Waals surface area (Å²) in [5.41, 5.74) is 1.12. The molecule has 1 aromatic heterocycles. The standard InChI is InChI=1S/C28H49NOS6Si/c1-30-37(2,3)25-21-17-15-13-11-9-7-5-4-6-8-10-12-14-16-20-24-31-34-36-35-33-28-29-26-22-18-19-23-27(26)32-28/h18-19,22-23H,4-17,20-21,24-25H2,1-3H3. The lowest BCUT2D eigenvalue weighted by atomic mass is 10.0. The van der Waals surface area contributed by atoms with Crippen molar-refractivity contribution >= 4 is 80.9 Å². The summed E-state index contributed by atoms with van der Waals surface area (Å²) in [5.74, 6) is 1.28. The van der Waals surface area contributed by atoms with Crippen LogP contribution in [0.2, 0.25) is 19.1 Å². The Morgan fingerprint density at radius 1 is 0.703 bits per heavy atom. The number of hydrogen-bond donors (Lipinski definition) is 0. The van der Waals surface area contributed by atoms with Gasteiger partial charge in [-0.25, -0.2) is 4.98 Å². The molecule has 0 N–H and O–H groups in total. The molecule has 9 heteroatoms. The lowest BCUT2D eigenvalue weighted by Gasteiger charge is -2.19. The summed E-state index contributed by atoms with van der Waals surface area (Å²) in [6.07, 6.45) is 22.9. The van der Waals surface area contributed by atoms with Crippen LogP contribution in [-0.2, 0) is 4.43 Å². The van der Waals surface area contributed by atoms with Crippen molar-refractivity contribution in [3.8, 4) is 0 Å². The molecule has 0 aliphatic heterocycles. The van der Waals surface area contributed by atoms with E-state index in [-0.39, 0.29) is 0 Å². The van der Waals surface area contributed by atoms with Crippen molar-refractivity contribution in [3.63, 3.8) is 0 Å². The number of unbranched alkanes of at least 4 members (excludes halogenated alkanes) is 15. The third-order valence-electron chi connectivity index (χ3n) is 6.79. The SMILES string of the molecule is CO[Si](C)(C)CCCCCCCCCCCCCCCCCCSSSSSc1nc2ccccc2s1. The van der Waals surface area contributed by atoms with Crippen molar-refractivity contribution in [2.45, 2.75) is 126 Å². The average Bonchev–Trinajstić information content (AvgIpc) is 3.32. The van der Waals surface area contributed by atoms with Crippen molar-refractivity contribution in [3.05, 3.63) is 24.3 Å². The lowest BCUT2D eigenvalue weighted by molar-refractivity contribution is 0.400. The van der Waals surface area contributed by atoms with Crippen molar-refractivity contribution < 1.29 is 4.43 Å².